The molecule has 0 aliphatic carbocycles. The molecule has 6 nitrogen and oxygen atoms in total. The van der Waals surface area contributed by atoms with Crippen molar-refractivity contribution in [2.45, 2.75) is 19.8 Å². The van der Waals surface area contributed by atoms with E-state index >= 15 is 0 Å². The van der Waals surface area contributed by atoms with Crippen molar-refractivity contribution in [3.05, 3.63) is 105 Å². The van der Waals surface area contributed by atoms with Crippen LogP contribution in [0.4, 0.5) is 0 Å². The van der Waals surface area contributed by atoms with Crippen molar-refractivity contribution in [2.75, 3.05) is 27.2 Å². The van der Waals surface area contributed by atoms with Crippen LogP contribution in [0.3, 0.4) is 0 Å². The van der Waals surface area contributed by atoms with Crippen molar-refractivity contribution < 1.29 is 9.53 Å². The summed E-state index contributed by atoms with van der Waals surface area (Å²) in [4.78, 5) is 32.5. The lowest BCUT2D eigenvalue weighted by Crippen LogP contribution is -2.23. The fourth-order valence-corrected chi connectivity index (χ4v) is 4.04. The first-order valence-electron chi connectivity index (χ1n) is 11.8. The molecule has 0 bridgehead atoms. The molecule has 188 valence electrons. The third-order valence-corrected chi connectivity index (χ3v) is 6.18. The van der Waals surface area contributed by atoms with Gasteiger partial charge in [-0.1, -0.05) is 36.4 Å². The number of aromatic nitrogens is 2. The van der Waals surface area contributed by atoms with Crippen molar-refractivity contribution in [1.29, 1.82) is 0 Å². The number of nitrogens with zero attached hydrogens (tertiary/aromatic N) is 3. The van der Waals surface area contributed by atoms with Gasteiger partial charge in [0.2, 0.25) is 0 Å². The molecule has 0 saturated carbocycles. The van der Waals surface area contributed by atoms with Gasteiger partial charge in [-0.2, -0.15) is 0 Å². The molecule has 0 aliphatic heterocycles. The summed E-state index contributed by atoms with van der Waals surface area (Å²) < 4.78 is 7.34. The van der Waals surface area contributed by atoms with E-state index in [1.54, 1.807) is 23.7 Å². The van der Waals surface area contributed by atoms with Gasteiger partial charge in [0.1, 0.15) is 18.2 Å². The van der Waals surface area contributed by atoms with Crippen molar-refractivity contribution in [1.82, 2.24) is 14.5 Å². The summed E-state index contributed by atoms with van der Waals surface area (Å²) in [6, 6.07) is 20.7. The molecule has 0 N–H and O–H groups in total. The Morgan fingerprint density at radius 2 is 1.58 bits per heavy atom. The number of aryl methyl sites for hydroxylation is 3. The zero-order valence-corrected chi connectivity index (χ0v) is 22.0. The van der Waals surface area contributed by atoms with Crippen molar-refractivity contribution in [3.8, 4) is 5.75 Å². The molecule has 3 aromatic carbocycles. The Hall–Kier alpha value is -3.48. The molecule has 0 aliphatic rings. The van der Waals surface area contributed by atoms with Crippen molar-refractivity contribution in [2.24, 2.45) is 7.05 Å². The third kappa shape index (κ3) is 6.20. The third-order valence-electron chi connectivity index (χ3n) is 6.18. The van der Waals surface area contributed by atoms with E-state index in [1.165, 1.54) is 0 Å². The van der Waals surface area contributed by atoms with Crippen LogP contribution in [0.2, 0.25) is 0 Å². The minimum Gasteiger partial charge on any atom is -0.492 e. The number of hydrogen-bond donors (Lipinski definition) is 0. The molecule has 7 heteroatoms. The zero-order valence-electron chi connectivity index (χ0n) is 21.2. The predicted molar refractivity (Wildman–Crippen MR) is 147 cm³/mol. The minimum atomic E-state index is -0.0228. The highest BCUT2D eigenvalue weighted by Crippen LogP contribution is 2.17. The summed E-state index contributed by atoms with van der Waals surface area (Å²) in [7, 11) is 5.77. The summed E-state index contributed by atoms with van der Waals surface area (Å²) in [6.07, 6.45) is 1.36. The summed E-state index contributed by atoms with van der Waals surface area (Å²) in [5, 5.41) is 0.676. The molecule has 1 aromatic heterocycles. The molecular weight excluding hydrogens is 474 g/mol. The number of rotatable bonds is 9. The number of fused-ring (bicyclic) bond motifs is 1. The Morgan fingerprint density at radius 1 is 0.944 bits per heavy atom. The average molecular weight is 506 g/mol. The fourth-order valence-electron chi connectivity index (χ4n) is 4.04. The molecule has 4 aromatic rings. The summed E-state index contributed by atoms with van der Waals surface area (Å²) in [6.45, 7) is 3.37. The largest absolute Gasteiger partial charge is 0.492 e. The lowest BCUT2D eigenvalue weighted by Gasteiger charge is -2.11. The van der Waals surface area contributed by atoms with Crippen LogP contribution >= 0.6 is 12.4 Å². The van der Waals surface area contributed by atoms with Crippen LogP contribution < -0.4 is 10.3 Å². The molecule has 4 rings (SSSR count). The first-order valence-corrected chi connectivity index (χ1v) is 11.8. The molecule has 0 fully saturated rings. The van der Waals surface area contributed by atoms with E-state index < -0.39 is 0 Å². The SMILES string of the molecule is Cc1cccc2nc(CCc3ccc(C(=O)c4ccc(OCCN(C)C)cc4)cc3)n(C)c(=O)c12.Cl. The van der Waals surface area contributed by atoms with Gasteiger partial charge in [-0.25, -0.2) is 4.98 Å². The summed E-state index contributed by atoms with van der Waals surface area (Å²) in [5.74, 6) is 1.48. The quantitative estimate of drug-likeness (QED) is 0.310. The number of carbonyl (C=O) groups is 1. The number of hydrogen-bond acceptors (Lipinski definition) is 5. The topological polar surface area (TPSA) is 64.4 Å². The maximum Gasteiger partial charge on any atom is 0.261 e. The fraction of sp³-hybridized carbons (Fsp3) is 0.276. The lowest BCUT2D eigenvalue weighted by atomic mass is 10.0. The summed E-state index contributed by atoms with van der Waals surface area (Å²) >= 11 is 0. The number of ether oxygens (including phenoxy) is 1. The molecule has 36 heavy (non-hydrogen) atoms. The minimum absolute atomic E-state index is 0. The van der Waals surface area contributed by atoms with E-state index in [0.717, 1.165) is 41.2 Å². The van der Waals surface area contributed by atoms with E-state index in [0.29, 0.717) is 29.5 Å². The number of ketones is 1. The van der Waals surface area contributed by atoms with Crippen molar-refractivity contribution in [3.63, 3.8) is 0 Å². The highest BCUT2D eigenvalue weighted by atomic mass is 35.5. The highest BCUT2D eigenvalue weighted by molar-refractivity contribution is 6.09. The standard InChI is InChI=1S/C29H31N3O3.ClH/c1-20-6-5-7-25-27(20)29(34)32(4)26(30-25)17-10-21-8-11-22(12-9-21)28(33)23-13-15-24(16-14-23)35-19-18-31(2)3;/h5-9,11-16H,10,17-19H2,1-4H3;1H. The first kappa shape index (κ1) is 27.1. The molecule has 0 atom stereocenters. The lowest BCUT2D eigenvalue weighted by molar-refractivity contribution is 0.103. The second-order valence-corrected chi connectivity index (χ2v) is 9.06. The van der Waals surface area contributed by atoms with Gasteiger partial charge >= 0.3 is 0 Å². The predicted octanol–water partition coefficient (Wildman–Crippen LogP) is 4.62. The number of likely N-dealkylation sites (N-methyl/N-ethyl adjacent to an activating group) is 1. The number of carbonyl (C=O) groups excluding carboxylic acids is 1. The molecule has 0 spiro atoms. The van der Waals surface area contributed by atoms with Gasteiger partial charge in [-0.05, 0) is 68.9 Å². The zero-order chi connectivity index (χ0) is 24.9. The van der Waals surface area contributed by atoms with E-state index in [1.807, 2.05) is 75.6 Å². The van der Waals surface area contributed by atoms with Crippen LogP contribution in [0.1, 0.15) is 32.9 Å². The second kappa shape index (κ2) is 12.0. The highest BCUT2D eigenvalue weighted by Gasteiger charge is 2.12. The van der Waals surface area contributed by atoms with Gasteiger partial charge in [0.25, 0.3) is 5.56 Å². The van der Waals surface area contributed by atoms with Gasteiger partial charge in [-0.3, -0.25) is 14.2 Å². The van der Waals surface area contributed by atoms with Gasteiger partial charge in [0, 0.05) is 31.1 Å². The van der Waals surface area contributed by atoms with Crippen LogP contribution in [0.25, 0.3) is 10.9 Å². The monoisotopic (exact) mass is 505 g/mol. The number of halogens is 1. The average Bonchev–Trinajstić information content (AvgIpc) is 2.85. The smallest absolute Gasteiger partial charge is 0.261 e. The van der Waals surface area contributed by atoms with E-state index in [-0.39, 0.29) is 23.7 Å². The van der Waals surface area contributed by atoms with Crippen LogP contribution in [0.5, 0.6) is 5.75 Å². The second-order valence-electron chi connectivity index (χ2n) is 9.06. The van der Waals surface area contributed by atoms with Gasteiger partial charge in [-0.15, -0.1) is 12.4 Å². The number of benzene rings is 3. The Morgan fingerprint density at radius 3 is 2.22 bits per heavy atom. The van der Waals surface area contributed by atoms with Crippen molar-refractivity contribution >= 4 is 29.1 Å². The Balaban J connectivity index is 0.00000361. The van der Waals surface area contributed by atoms with Crippen LogP contribution in [-0.4, -0.2) is 47.5 Å². The van der Waals surface area contributed by atoms with Crippen LogP contribution in [0.15, 0.2) is 71.5 Å². The van der Waals surface area contributed by atoms with Gasteiger partial charge in [0.05, 0.1) is 10.9 Å². The van der Waals surface area contributed by atoms with Crippen LogP contribution in [-0.2, 0) is 19.9 Å². The maximum absolute atomic E-state index is 12.9. The Kier molecular flexibility index (Phi) is 9.02. The van der Waals surface area contributed by atoms with Gasteiger partial charge in [0.15, 0.2) is 5.78 Å². The molecular formula is C29H32ClN3O3. The van der Waals surface area contributed by atoms with E-state index in [4.69, 9.17) is 9.72 Å². The molecule has 1 heterocycles. The Bertz CT molecular complexity index is 1390. The molecule has 0 amide bonds. The normalized spacial score (nSPS) is 10.9. The summed E-state index contributed by atoms with van der Waals surface area (Å²) in [5.41, 5.74) is 4.01. The van der Waals surface area contributed by atoms with Crippen LogP contribution in [0, 0.1) is 6.92 Å². The van der Waals surface area contributed by atoms with E-state index in [9.17, 15) is 9.59 Å². The maximum atomic E-state index is 12.9. The Labute approximate surface area is 218 Å². The molecule has 0 radical (unpaired) electrons. The first-order chi connectivity index (χ1) is 16.8. The van der Waals surface area contributed by atoms with Gasteiger partial charge < -0.3 is 9.64 Å². The van der Waals surface area contributed by atoms with E-state index in [2.05, 4.69) is 4.90 Å². The molecule has 0 unspecified atom stereocenters. The molecule has 0 saturated heterocycles.